The lowest BCUT2D eigenvalue weighted by molar-refractivity contribution is 0.0930. The molecule has 1 atom stereocenters. The molecule has 0 aliphatic carbocycles. The standard InChI is InChI=1S/C20H25N3O3/c1-13-5-7-16-17(12-26-19(16)14(13)2)22-20(24)15-6-8-18(21-11-15)25-10-9-23(3)4/h5-8,11,17H,9-10,12H2,1-4H3,(H,22,24). The van der Waals surface area contributed by atoms with E-state index in [1.54, 1.807) is 12.1 Å². The van der Waals surface area contributed by atoms with Gasteiger partial charge < -0.3 is 19.7 Å². The van der Waals surface area contributed by atoms with Crippen molar-refractivity contribution >= 4 is 5.91 Å². The number of likely N-dealkylation sites (N-methyl/N-ethyl adjacent to an activating group) is 1. The summed E-state index contributed by atoms with van der Waals surface area (Å²) in [5, 5.41) is 3.02. The zero-order valence-electron chi connectivity index (χ0n) is 15.7. The number of nitrogens with zero attached hydrogens (tertiary/aromatic N) is 2. The smallest absolute Gasteiger partial charge is 0.253 e. The van der Waals surface area contributed by atoms with E-state index in [-0.39, 0.29) is 11.9 Å². The fourth-order valence-corrected chi connectivity index (χ4v) is 2.83. The van der Waals surface area contributed by atoms with Gasteiger partial charge in [0.1, 0.15) is 19.0 Å². The molecule has 0 fully saturated rings. The second-order valence-corrected chi connectivity index (χ2v) is 6.80. The van der Waals surface area contributed by atoms with Crippen molar-refractivity contribution in [2.75, 3.05) is 33.9 Å². The summed E-state index contributed by atoms with van der Waals surface area (Å²) < 4.78 is 11.3. The summed E-state index contributed by atoms with van der Waals surface area (Å²) >= 11 is 0. The van der Waals surface area contributed by atoms with Crippen LogP contribution in [0.1, 0.15) is 33.1 Å². The van der Waals surface area contributed by atoms with Crippen LogP contribution in [0, 0.1) is 13.8 Å². The maximum absolute atomic E-state index is 12.5. The van der Waals surface area contributed by atoms with E-state index in [1.807, 2.05) is 32.0 Å². The molecule has 1 aliphatic heterocycles. The second kappa shape index (κ2) is 7.74. The first kappa shape index (κ1) is 18.2. The van der Waals surface area contributed by atoms with Crippen molar-refractivity contribution in [3.63, 3.8) is 0 Å². The molecule has 0 bridgehead atoms. The van der Waals surface area contributed by atoms with Crippen LogP contribution in [0.4, 0.5) is 0 Å². The van der Waals surface area contributed by atoms with Crippen LogP contribution in [0.5, 0.6) is 11.6 Å². The predicted molar refractivity (Wildman–Crippen MR) is 99.9 cm³/mol. The highest BCUT2D eigenvalue weighted by Gasteiger charge is 2.27. The van der Waals surface area contributed by atoms with Gasteiger partial charge in [0.2, 0.25) is 5.88 Å². The lowest BCUT2D eigenvalue weighted by Gasteiger charge is -2.13. The van der Waals surface area contributed by atoms with Gasteiger partial charge in [-0.15, -0.1) is 0 Å². The van der Waals surface area contributed by atoms with E-state index in [0.29, 0.717) is 24.7 Å². The summed E-state index contributed by atoms with van der Waals surface area (Å²) in [6.07, 6.45) is 1.54. The molecule has 2 heterocycles. The summed E-state index contributed by atoms with van der Waals surface area (Å²) in [5.41, 5.74) is 3.84. The average Bonchev–Trinajstić information content (AvgIpc) is 3.02. The van der Waals surface area contributed by atoms with Gasteiger partial charge in [-0.2, -0.15) is 0 Å². The minimum atomic E-state index is -0.169. The molecular weight excluding hydrogens is 330 g/mol. The molecule has 1 amide bonds. The molecule has 1 aromatic heterocycles. The summed E-state index contributed by atoms with van der Waals surface area (Å²) in [6.45, 7) is 5.91. The van der Waals surface area contributed by atoms with Crippen LogP contribution in [0.25, 0.3) is 0 Å². The Labute approximate surface area is 154 Å². The van der Waals surface area contributed by atoms with E-state index in [2.05, 4.69) is 23.3 Å². The van der Waals surface area contributed by atoms with Crippen LogP contribution < -0.4 is 14.8 Å². The van der Waals surface area contributed by atoms with E-state index < -0.39 is 0 Å². The Morgan fingerprint density at radius 1 is 1.31 bits per heavy atom. The average molecular weight is 355 g/mol. The number of benzene rings is 1. The number of carbonyl (C=O) groups is 1. The Balaban J connectivity index is 1.62. The van der Waals surface area contributed by atoms with Crippen molar-refractivity contribution in [3.8, 4) is 11.6 Å². The number of hydrogen-bond acceptors (Lipinski definition) is 5. The molecule has 2 aromatic rings. The topological polar surface area (TPSA) is 63.7 Å². The third kappa shape index (κ3) is 3.96. The van der Waals surface area contributed by atoms with E-state index in [1.165, 1.54) is 11.8 Å². The number of nitrogens with one attached hydrogen (secondary N) is 1. The molecule has 1 aromatic carbocycles. The van der Waals surface area contributed by atoms with Crippen LogP contribution in [0.3, 0.4) is 0 Å². The fraction of sp³-hybridized carbons (Fsp3) is 0.400. The maximum Gasteiger partial charge on any atom is 0.253 e. The third-order valence-corrected chi connectivity index (χ3v) is 4.57. The molecule has 0 saturated heterocycles. The van der Waals surface area contributed by atoms with Gasteiger partial charge in [-0.1, -0.05) is 12.1 Å². The largest absolute Gasteiger partial charge is 0.490 e. The van der Waals surface area contributed by atoms with Crippen molar-refractivity contribution in [3.05, 3.63) is 52.7 Å². The van der Waals surface area contributed by atoms with Crippen molar-refractivity contribution < 1.29 is 14.3 Å². The van der Waals surface area contributed by atoms with E-state index >= 15 is 0 Å². The highest BCUT2D eigenvalue weighted by molar-refractivity contribution is 5.94. The lowest BCUT2D eigenvalue weighted by atomic mass is 10.0. The highest BCUT2D eigenvalue weighted by atomic mass is 16.5. The van der Waals surface area contributed by atoms with Crippen LogP contribution in [0.2, 0.25) is 0 Å². The Bertz CT molecular complexity index is 788. The predicted octanol–water partition coefficient (Wildman–Crippen LogP) is 2.50. The monoisotopic (exact) mass is 355 g/mol. The number of aromatic nitrogens is 1. The Morgan fingerprint density at radius 3 is 2.81 bits per heavy atom. The molecule has 0 radical (unpaired) electrons. The maximum atomic E-state index is 12.5. The van der Waals surface area contributed by atoms with Crippen LogP contribution in [0.15, 0.2) is 30.5 Å². The third-order valence-electron chi connectivity index (χ3n) is 4.57. The van der Waals surface area contributed by atoms with Crippen molar-refractivity contribution in [1.82, 2.24) is 15.2 Å². The summed E-state index contributed by atoms with van der Waals surface area (Å²) in [5.74, 6) is 1.24. The van der Waals surface area contributed by atoms with Crippen LogP contribution >= 0.6 is 0 Å². The van der Waals surface area contributed by atoms with Crippen LogP contribution in [-0.2, 0) is 0 Å². The van der Waals surface area contributed by atoms with Gasteiger partial charge in [-0.3, -0.25) is 4.79 Å². The zero-order chi connectivity index (χ0) is 18.7. The number of ether oxygens (including phenoxy) is 2. The quantitative estimate of drug-likeness (QED) is 0.863. The molecule has 0 spiro atoms. The summed E-state index contributed by atoms with van der Waals surface area (Å²) in [6, 6.07) is 7.38. The second-order valence-electron chi connectivity index (χ2n) is 6.80. The highest BCUT2D eigenvalue weighted by Crippen LogP contribution is 2.36. The van der Waals surface area contributed by atoms with Gasteiger partial charge >= 0.3 is 0 Å². The van der Waals surface area contributed by atoms with Crippen molar-refractivity contribution in [2.45, 2.75) is 19.9 Å². The molecule has 1 unspecified atom stereocenters. The Kier molecular flexibility index (Phi) is 5.42. The number of aryl methyl sites for hydroxylation is 1. The first-order valence-electron chi connectivity index (χ1n) is 8.73. The summed E-state index contributed by atoms with van der Waals surface area (Å²) in [7, 11) is 3.97. The van der Waals surface area contributed by atoms with E-state index in [0.717, 1.165) is 23.4 Å². The number of amides is 1. The number of carbonyl (C=O) groups excluding carboxylic acids is 1. The Hall–Kier alpha value is -2.60. The number of rotatable bonds is 6. The van der Waals surface area contributed by atoms with Crippen LogP contribution in [-0.4, -0.2) is 49.6 Å². The van der Waals surface area contributed by atoms with Gasteiger partial charge in [0.25, 0.3) is 5.91 Å². The van der Waals surface area contributed by atoms with E-state index in [9.17, 15) is 4.79 Å². The molecule has 3 rings (SSSR count). The molecule has 0 saturated carbocycles. The molecule has 6 nitrogen and oxygen atoms in total. The minimum absolute atomic E-state index is 0.146. The fourth-order valence-electron chi connectivity index (χ4n) is 2.83. The first-order valence-corrected chi connectivity index (χ1v) is 8.73. The molecule has 1 aliphatic rings. The number of fused-ring (bicyclic) bond motifs is 1. The Morgan fingerprint density at radius 2 is 2.12 bits per heavy atom. The van der Waals surface area contributed by atoms with Crippen molar-refractivity contribution in [1.29, 1.82) is 0 Å². The molecule has 26 heavy (non-hydrogen) atoms. The van der Waals surface area contributed by atoms with Gasteiger partial charge in [-0.25, -0.2) is 4.98 Å². The number of hydrogen-bond donors (Lipinski definition) is 1. The molecular formula is C20H25N3O3. The van der Waals surface area contributed by atoms with Gasteiger partial charge in [0.15, 0.2) is 0 Å². The zero-order valence-corrected chi connectivity index (χ0v) is 15.7. The van der Waals surface area contributed by atoms with Gasteiger partial charge in [0.05, 0.1) is 11.6 Å². The first-order chi connectivity index (χ1) is 12.5. The molecule has 138 valence electrons. The number of pyridine rings is 1. The van der Waals surface area contributed by atoms with E-state index in [4.69, 9.17) is 9.47 Å². The normalized spacial score (nSPS) is 15.5. The lowest BCUT2D eigenvalue weighted by Crippen LogP contribution is -2.29. The van der Waals surface area contributed by atoms with Gasteiger partial charge in [-0.05, 0) is 45.1 Å². The molecule has 6 heteroatoms. The van der Waals surface area contributed by atoms with Crippen molar-refractivity contribution in [2.24, 2.45) is 0 Å². The molecule has 1 N–H and O–H groups in total. The summed E-state index contributed by atoms with van der Waals surface area (Å²) in [4.78, 5) is 18.8. The van der Waals surface area contributed by atoms with Gasteiger partial charge in [0, 0.05) is 24.4 Å². The minimum Gasteiger partial charge on any atom is -0.490 e. The SMILES string of the molecule is Cc1ccc2c(c1C)OCC2NC(=O)c1ccc(OCCN(C)C)nc1.